The van der Waals surface area contributed by atoms with E-state index < -0.39 is 0 Å². The third-order valence-electron chi connectivity index (χ3n) is 5.31. The highest BCUT2D eigenvalue weighted by atomic mass is 35.5. The third kappa shape index (κ3) is 5.30. The number of hydrogen-bond donors (Lipinski definition) is 3. The van der Waals surface area contributed by atoms with Crippen LogP contribution in [-0.4, -0.2) is 59.0 Å². The van der Waals surface area contributed by atoms with Gasteiger partial charge in [0.1, 0.15) is 11.5 Å². The molecule has 0 unspecified atom stereocenters. The Kier molecular flexibility index (Phi) is 7.97. The SMILES string of the molecule is C.CCNC(=O)c1noc(-c2cc(Cl)c(O)cc2O)c1-c1ccc(CN2CCOCC2)cc1. The molecular weight excluding hydrogens is 446 g/mol. The minimum Gasteiger partial charge on any atom is -0.507 e. The number of phenolic OH excluding ortho intramolecular Hbond substituents is 2. The summed E-state index contributed by atoms with van der Waals surface area (Å²) in [5, 5.41) is 26.9. The summed E-state index contributed by atoms with van der Waals surface area (Å²) in [4.78, 5) is 15.0. The Balaban J connectivity index is 0.00000306. The summed E-state index contributed by atoms with van der Waals surface area (Å²) < 4.78 is 10.9. The minimum absolute atomic E-state index is 0. The van der Waals surface area contributed by atoms with Gasteiger partial charge in [0.05, 0.1) is 29.4 Å². The molecule has 2 aromatic carbocycles. The highest BCUT2D eigenvalue weighted by Crippen LogP contribution is 2.42. The molecule has 8 nitrogen and oxygen atoms in total. The minimum atomic E-state index is -0.390. The monoisotopic (exact) mass is 473 g/mol. The van der Waals surface area contributed by atoms with Gasteiger partial charge in [-0.1, -0.05) is 48.4 Å². The van der Waals surface area contributed by atoms with Crippen LogP contribution in [0.25, 0.3) is 22.5 Å². The topological polar surface area (TPSA) is 108 Å². The smallest absolute Gasteiger partial charge is 0.274 e. The van der Waals surface area contributed by atoms with Crippen molar-refractivity contribution in [2.75, 3.05) is 32.8 Å². The van der Waals surface area contributed by atoms with Gasteiger partial charge in [0.15, 0.2) is 11.5 Å². The lowest BCUT2D eigenvalue weighted by molar-refractivity contribution is 0.0342. The van der Waals surface area contributed by atoms with Gasteiger partial charge < -0.3 is 24.8 Å². The second-order valence-electron chi connectivity index (χ2n) is 7.50. The van der Waals surface area contributed by atoms with Crippen LogP contribution in [0.2, 0.25) is 5.02 Å². The van der Waals surface area contributed by atoms with Crippen molar-refractivity contribution >= 4 is 17.5 Å². The zero-order valence-electron chi connectivity index (χ0n) is 17.6. The van der Waals surface area contributed by atoms with E-state index in [-0.39, 0.29) is 46.9 Å². The first-order valence-electron chi connectivity index (χ1n) is 10.4. The van der Waals surface area contributed by atoms with Gasteiger partial charge in [-0.15, -0.1) is 0 Å². The molecule has 176 valence electrons. The van der Waals surface area contributed by atoms with Crippen LogP contribution in [0.1, 0.15) is 30.4 Å². The first-order chi connectivity index (χ1) is 15.5. The van der Waals surface area contributed by atoms with E-state index in [1.165, 1.54) is 6.07 Å². The predicted molar refractivity (Wildman–Crippen MR) is 127 cm³/mol. The van der Waals surface area contributed by atoms with Crippen molar-refractivity contribution in [1.82, 2.24) is 15.4 Å². The van der Waals surface area contributed by atoms with E-state index >= 15 is 0 Å². The molecule has 3 N–H and O–H groups in total. The molecule has 2 heterocycles. The van der Waals surface area contributed by atoms with Gasteiger partial charge >= 0.3 is 0 Å². The summed E-state index contributed by atoms with van der Waals surface area (Å²) in [6.07, 6.45) is 0. The molecule has 1 fully saturated rings. The maximum Gasteiger partial charge on any atom is 0.274 e. The fraction of sp³-hybridized carbons (Fsp3) is 0.333. The molecule has 4 rings (SSSR count). The summed E-state index contributed by atoms with van der Waals surface area (Å²) >= 11 is 6.05. The van der Waals surface area contributed by atoms with Crippen LogP contribution in [0, 0.1) is 0 Å². The second-order valence-corrected chi connectivity index (χ2v) is 7.91. The number of halogens is 1. The van der Waals surface area contributed by atoms with Gasteiger partial charge in [-0.3, -0.25) is 9.69 Å². The number of rotatable bonds is 6. The van der Waals surface area contributed by atoms with Gasteiger partial charge in [0.25, 0.3) is 5.91 Å². The molecule has 1 saturated heterocycles. The molecule has 0 saturated carbocycles. The number of aromatic nitrogens is 1. The lowest BCUT2D eigenvalue weighted by Gasteiger charge is -2.26. The van der Waals surface area contributed by atoms with E-state index in [1.54, 1.807) is 0 Å². The maximum atomic E-state index is 12.6. The molecule has 1 aliphatic rings. The molecule has 0 radical (unpaired) electrons. The van der Waals surface area contributed by atoms with E-state index in [0.717, 1.165) is 44.5 Å². The van der Waals surface area contributed by atoms with Crippen molar-refractivity contribution in [3.05, 3.63) is 52.7 Å². The first kappa shape index (κ1) is 24.6. The lowest BCUT2D eigenvalue weighted by atomic mass is 9.97. The van der Waals surface area contributed by atoms with E-state index in [2.05, 4.69) is 15.4 Å². The van der Waals surface area contributed by atoms with E-state index in [9.17, 15) is 15.0 Å². The van der Waals surface area contributed by atoms with Gasteiger partial charge in [-0.25, -0.2) is 0 Å². The molecule has 0 atom stereocenters. The Labute approximate surface area is 197 Å². The number of morpholine rings is 1. The van der Waals surface area contributed by atoms with Crippen molar-refractivity contribution in [1.29, 1.82) is 0 Å². The van der Waals surface area contributed by atoms with E-state index in [4.69, 9.17) is 20.9 Å². The van der Waals surface area contributed by atoms with Crippen molar-refractivity contribution in [3.63, 3.8) is 0 Å². The summed E-state index contributed by atoms with van der Waals surface area (Å²) in [7, 11) is 0. The zero-order chi connectivity index (χ0) is 22.7. The number of benzene rings is 2. The molecule has 9 heteroatoms. The van der Waals surface area contributed by atoms with Crippen LogP contribution in [0.3, 0.4) is 0 Å². The van der Waals surface area contributed by atoms with E-state index in [0.29, 0.717) is 17.7 Å². The average Bonchev–Trinajstić information content (AvgIpc) is 3.23. The first-order valence-corrected chi connectivity index (χ1v) is 10.7. The Morgan fingerprint density at radius 1 is 1.15 bits per heavy atom. The van der Waals surface area contributed by atoms with Gasteiger partial charge in [0.2, 0.25) is 0 Å². The standard InChI is InChI=1S/C23H24ClN3O5.CH4/c1-2-25-23(30)21-20(22(32-26-21)16-11-17(24)19(29)12-18(16)28)15-5-3-14(4-6-15)13-27-7-9-31-10-8-27;/h3-6,11-12,28-29H,2,7-10,13H2,1H3,(H,25,30);1H4. The lowest BCUT2D eigenvalue weighted by Crippen LogP contribution is -2.35. The summed E-state index contributed by atoms with van der Waals surface area (Å²) in [6, 6.07) is 10.3. The van der Waals surface area contributed by atoms with Gasteiger partial charge in [0, 0.05) is 32.2 Å². The number of hydrogen-bond acceptors (Lipinski definition) is 7. The Morgan fingerprint density at radius 3 is 2.52 bits per heavy atom. The molecule has 0 aliphatic carbocycles. The molecule has 1 aliphatic heterocycles. The third-order valence-corrected chi connectivity index (χ3v) is 5.61. The van der Waals surface area contributed by atoms with Crippen LogP contribution < -0.4 is 5.32 Å². The zero-order valence-corrected chi connectivity index (χ0v) is 18.4. The molecule has 3 aromatic rings. The summed E-state index contributed by atoms with van der Waals surface area (Å²) in [5.41, 5.74) is 2.60. The van der Waals surface area contributed by atoms with Crippen molar-refractivity contribution in [2.24, 2.45) is 0 Å². The largest absolute Gasteiger partial charge is 0.507 e. The van der Waals surface area contributed by atoms with E-state index in [1.807, 2.05) is 31.2 Å². The number of nitrogens with one attached hydrogen (secondary N) is 1. The Hall–Kier alpha value is -3.07. The van der Waals surface area contributed by atoms with Crippen LogP contribution in [-0.2, 0) is 11.3 Å². The number of aromatic hydroxyl groups is 2. The predicted octanol–water partition coefficient (Wildman–Crippen LogP) is 4.29. The van der Waals surface area contributed by atoms with Crippen LogP contribution >= 0.6 is 11.6 Å². The second kappa shape index (κ2) is 10.7. The van der Waals surface area contributed by atoms with Gasteiger partial charge in [-0.2, -0.15) is 0 Å². The number of carbonyl (C=O) groups is 1. The fourth-order valence-electron chi connectivity index (χ4n) is 3.67. The van der Waals surface area contributed by atoms with Crippen molar-refractivity contribution in [2.45, 2.75) is 20.9 Å². The highest BCUT2D eigenvalue weighted by Gasteiger charge is 2.26. The fourth-order valence-corrected chi connectivity index (χ4v) is 3.83. The van der Waals surface area contributed by atoms with Crippen LogP contribution in [0.4, 0.5) is 0 Å². The highest BCUT2D eigenvalue weighted by molar-refractivity contribution is 6.32. The average molecular weight is 474 g/mol. The summed E-state index contributed by atoms with van der Waals surface area (Å²) in [6.45, 7) is 6.28. The number of phenols is 2. The molecule has 1 aromatic heterocycles. The number of carbonyl (C=O) groups excluding carboxylic acids is 1. The quantitative estimate of drug-likeness (QED) is 0.490. The molecule has 0 bridgehead atoms. The Morgan fingerprint density at radius 2 is 1.85 bits per heavy atom. The maximum absolute atomic E-state index is 12.6. The molecule has 33 heavy (non-hydrogen) atoms. The van der Waals surface area contributed by atoms with Crippen LogP contribution in [0.15, 0.2) is 40.9 Å². The van der Waals surface area contributed by atoms with Crippen LogP contribution in [0.5, 0.6) is 11.5 Å². The van der Waals surface area contributed by atoms with Crippen molar-refractivity contribution < 1.29 is 24.3 Å². The number of amides is 1. The number of ether oxygens (including phenoxy) is 1. The Bertz CT molecular complexity index is 1110. The number of nitrogens with zero attached hydrogens (tertiary/aromatic N) is 2. The summed E-state index contributed by atoms with van der Waals surface area (Å²) in [5.74, 6) is -0.702. The molecule has 0 spiro atoms. The van der Waals surface area contributed by atoms with Crippen molar-refractivity contribution in [3.8, 4) is 33.9 Å². The molecule has 1 amide bonds. The van der Waals surface area contributed by atoms with Gasteiger partial charge in [-0.05, 0) is 24.1 Å². The normalized spacial score (nSPS) is 14.0. The molecular formula is C24H28ClN3O5.